The molecule has 1 N–H and O–H groups in total. The number of amides is 1. The van der Waals surface area contributed by atoms with E-state index in [9.17, 15) is 4.79 Å². The van der Waals surface area contributed by atoms with E-state index in [2.05, 4.69) is 48.4 Å². The first-order valence-electron chi connectivity index (χ1n) is 7.39. The zero-order valence-corrected chi connectivity index (χ0v) is 15.0. The number of thioether (sulfide) groups is 1. The van der Waals surface area contributed by atoms with E-state index in [4.69, 9.17) is 0 Å². The molecule has 23 heavy (non-hydrogen) atoms. The normalized spacial score (nSPS) is 10.9. The molecule has 0 spiro atoms. The Hall–Kier alpha value is -1.85. The van der Waals surface area contributed by atoms with Gasteiger partial charge in [-0.2, -0.15) is 0 Å². The van der Waals surface area contributed by atoms with E-state index < -0.39 is 0 Å². The summed E-state index contributed by atoms with van der Waals surface area (Å²) >= 11 is 3.07. The maximum atomic E-state index is 12.1. The minimum absolute atomic E-state index is 0.0232. The number of aryl methyl sites for hydroxylation is 3. The van der Waals surface area contributed by atoms with Crippen LogP contribution in [-0.2, 0) is 4.79 Å². The number of aromatic nitrogens is 1. The number of rotatable bonds is 4. The number of nitrogens with one attached hydrogen (secondary N) is 1. The molecule has 1 heterocycles. The highest BCUT2D eigenvalue weighted by atomic mass is 32.2. The molecule has 0 fully saturated rings. The fourth-order valence-corrected chi connectivity index (χ4v) is 3.98. The van der Waals surface area contributed by atoms with Crippen LogP contribution in [-0.4, -0.2) is 16.6 Å². The fourth-order valence-electron chi connectivity index (χ4n) is 2.25. The highest BCUT2D eigenvalue weighted by molar-refractivity contribution is 8.00. The van der Waals surface area contributed by atoms with Crippen molar-refractivity contribution < 1.29 is 4.79 Å². The predicted molar refractivity (Wildman–Crippen MR) is 99.6 cm³/mol. The number of anilines is 1. The number of thiazole rings is 1. The average Bonchev–Trinajstić information content (AvgIpc) is 2.95. The van der Waals surface area contributed by atoms with Gasteiger partial charge in [0.1, 0.15) is 0 Å². The number of hydrogen-bond donors (Lipinski definition) is 1. The van der Waals surface area contributed by atoms with E-state index in [0.717, 1.165) is 20.7 Å². The van der Waals surface area contributed by atoms with Gasteiger partial charge in [-0.25, -0.2) is 4.98 Å². The predicted octanol–water partition coefficient (Wildman–Crippen LogP) is 4.95. The van der Waals surface area contributed by atoms with Crippen LogP contribution in [0.2, 0.25) is 0 Å². The summed E-state index contributed by atoms with van der Waals surface area (Å²) in [6.45, 7) is 6.16. The van der Waals surface area contributed by atoms with E-state index in [-0.39, 0.29) is 5.91 Å². The Morgan fingerprint density at radius 2 is 1.78 bits per heavy atom. The summed E-state index contributed by atoms with van der Waals surface area (Å²) in [5, 5.41) is 3.59. The van der Waals surface area contributed by atoms with Crippen LogP contribution in [0.25, 0.3) is 10.2 Å². The number of benzene rings is 2. The summed E-state index contributed by atoms with van der Waals surface area (Å²) in [5.41, 5.74) is 4.53. The van der Waals surface area contributed by atoms with Crippen molar-refractivity contribution in [2.24, 2.45) is 0 Å². The highest BCUT2D eigenvalue weighted by Gasteiger charge is 2.11. The fraction of sp³-hybridized carbons (Fsp3) is 0.222. The first kappa shape index (κ1) is 16.0. The van der Waals surface area contributed by atoms with Crippen molar-refractivity contribution in [3.63, 3.8) is 0 Å². The lowest BCUT2D eigenvalue weighted by molar-refractivity contribution is -0.113. The van der Waals surface area contributed by atoms with Crippen LogP contribution in [0.1, 0.15) is 16.7 Å². The Morgan fingerprint density at radius 1 is 1.09 bits per heavy atom. The lowest BCUT2D eigenvalue weighted by Gasteiger charge is -2.02. The second-order valence-electron chi connectivity index (χ2n) is 5.55. The van der Waals surface area contributed by atoms with Crippen molar-refractivity contribution in [3.8, 4) is 0 Å². The van der Waals surface area contributed by atoms with Gasteiger partial charge in [-0.3, -0.25) is 4.79 Å². The summed E-state index contributed by atoms with van der Waals surface area (Å²) in [7, 11) is 0. The van der Waals surface area contributed by atoms with Gasteiger partial charge in [0.25, 0.3) is 0 Å². The Bertz CT molecular complexity index is 814. The van der Waals surface area contributed by atoms with Crippen LogP contribution in [0.15, 0.2) is 41.3 Å². The third kappa shape index (κ3) is 3.74. The molecule has 0 aliphatic rings. The van der Waals surface area contributed by atoms with Crippen molar-refractivity contribution in [1.29, 1.82) is 0 Å². The number of fused-ring (bicyclic) bond motifs is 1. The number of carbonyl (C=O) groups excluding carboxylic acids is 1. The van der Waals surface area contributed by atoms with Crippen LogP contribution in [0, 0.1) is 20.8 Å². The zero-order chi connectivity index (χ0) is 16.4. The third-order valence-electron chi connectivity index (χ3n) is 3.58. The Kier molecular flexibility index (Phi) is 4.68. The van der Waals surface area contributed by atoms with E-state index in [1.54, 1.807) is 0 Å². The second kappa shape index (κ2) is 6.72. The SMILES string of the molecule is Cc1ccc(SCC(=O)Nc2nc3c(C)ccc(C)c3s2)cc1. The number of carbonyl (C=O) groups is 1. The molecule has 0 unspecified atom stereocenters. The zero-order valence-electron chi connectivity index (χ0n) is 13.3. The summed E-state index contributed by atoms with van der Waals surface area (Å²) < 4.78 is 1.14. The smallest absolute Gasteiger partial charge is 0.236 e. The van der Waals surface area contributed by atoms with Crippen LogP contribution >= 0.6 is 23.1 Å². The molecule has 118 valence electrons. The molecule has 5 heteroatoms. The molecule has 0 bridgehead atoms. The summed E-state index contributed by atoms with van der Waals surface area (Å²) in [5.74, 6) is 0.363. The maximum Gasteiger partial charge on any atom is 0.236 e. The Balaban J connectivity index is 1.67. The molecule has 1 amide bonds. The van der Waals surface area contributed by atoms with Gasteiger partial charge in [-0.05, 0) is 44.0 Å². The van der Waals surface area contributed by atoms with Gasteiger partial charge < -0.3 is 5.32 Å². The van der Waals surface area contributed by atoms with E-state index in [1.165, 1.54) is 34.2 Å². The van der Waals surface area contributed by atoms with Gasteiger partial charge >= 0.3 is 0 Å². The van der Waals surface area contributed by atoms with Gasteiger partial charge in [-0.15, -0.1) is 11.8 Å². The summed E-state index contributed by atoms with van der Waals surface area (Å²) in [4.78, 5) is 17.8. The molecule has 1 aromatic heterocycles. The molecule has 0 aliphatic heterocycles. The molecule has 3 aromatic rings. The first-order chi connectivity index (χ1) is 11.0. The van der Waals surface area contributed by atoms with Crippen molar-refractivity contribution >= 4 is 44.4 Å². The lowest BCUT2D eigenvalue weighted by Crippen LogP contribution is -2.13. The molecule has 2 aromatic carbocycles. The molecule has 0 radical (unpaired) electrons. The maximum absolute atomic E-state index is 12.1. The van der Waals surface area contributed by atoms with E-state index in [0.29, 0.717) is 10.9 Å². The monoisotopic (exact) mass is 342 g/mol. The molecule has 0 saturated carbocycles. The van der Waals surface area contributed by atoms with Crippen LogP contribution in [0.5, 0.6) is 0 Å². The largest absolute Gasteiger partial charge is 0.301 e. The third-order valence-corrected chi connectivity index (χ3v) is 5.70. The molecular formula is C18H18N2OS2. The van der Waals surface area contributed by atoms with Crippen LogP contribution in [0.4, 0.5) is 5.13 Å². The Morgan fingerprint density at radius 3 is 2.48 bits per heavy atom. The highest BCUT2D eigenvalue weighted by Crippen LogP contribution is 2.31. The van der Waals surface area contributed by atoms with Gasteiger partial charge in [0.2, 0.25) is 5.91 Å². The quantitative estimate of drug-likeness (QED) is 0.682. The number of nitrogens with zero attached hydrogens (tertiary/aromatic N) is 1. The molecule has 0 atom stereocenters. The van der Waals surface area contributed by atoms with Gasteiger partial charge in [0.15, 0.2) is 5.13 Å². The minimum atomic E-state index is -0.0232. The molecule has 3 rings (SSSR count). The molecule has 0 saturated heterocycles. The van der Waals surface area contributed by atoms with Crippen molar-refractivity contribution in [3.05, 3.63) is 53.1 Å². The van der Waals surface area contributed by atoms with Crippen molar-refractivity contribution in [1.82, 2.24) is 4.98 Å². The van der Waals surface area contributed by atoms with Crippen LogP contribution < -0.4 is 5.32 Å². The van der Waals surface area contributed by atoms with Crippen molar-refractivity contribution in [2.45, 2.75) is 25.7 Å². The molecule has 0 aliphatic carbocycles. The minimum Gasteiger partial charge on any atom is -0.301 e. The average molecular weight is 342 g/mol. The van der Waals surface area contributed by atoms with E-state index >= 15 is 0 Å². The lowest BCUT2D eigenvalue weighted by atomic mass is 10.1. The summed E-state index contributed by atoms with van der Waals surface area (Å²) in [6, 6.07) is 12.3. The van der Waals surface area contributed by atoms with Gasteiger partial charge in [0, 0.05) is 4.90 Å². The van der Waals surface area contributed by atoms with Gasteiger partial charge in [0.05, 0.1) is 16.0 Å². The topological polar surface area (TPSA) is 42.0 Å². The molecule has 3 nitrogen and oxygen atoms in total. The van der Waals surface area contributed by atoms with E-state index in [1.807, 2.05) is 19.1 Å². The van der Waals surface area contributed by atoms with Gasteiger partial charge in [-0.1, -0.05) is 41.2 Å². The second-order valence-corrected chi connectivity index (χ2v) is 7.59. The van der Waals surface area contributed by atoms with Crippen LogP contribution in [0.3, 0.4) is 0 Å². The standard InChI is InChI=1S/C18H18N2OS2/c1-11-4-8-14(9-5-11)22-10-15(21)19-18-20-16-12(2)6-7-13(3)17(16)23-18/h4-9H,10H2,1-3H3,(H,19,20,21). The summed E-state index contributed by atoms with van der Waals surface area (Å²) in [6.07, 6.45) is 0. The van der Waals surface area contributed by atoms with Crippen molar-refractivity contribution in [2.75, 3.05) is 11.1 Å². The molecular weight excluding hydrogens is 324 g/mol. The Labute approximate surface area is 144 Å². The first-order valence-corrected chi connectivity index (χ1v) is 9.19. The number of hydrogen-bond acceptors (Lipinski definition) is 4.